The normalized spacial score (nSPS) is 39.5. The third-order valence-corrected chi connectivity index (χ3v) is 6.39. The molecule has 168 valence electrons. The molecule has 28 heavy (non-hydrogen) atoms. The predicted octanol–water partition coefficient (Wildman–Crippen LogP) is 6.31. The number of methoxy groups -OCH3 is 1. The molecule has 2 heterocycles. The Morgan fingerprint density at radius 2 is 1.64 bits per heavy atom. The van der Waals surface area contributed by atoms with Crippen LogP contribution in [-0.2, 0) is 24.0 Å². The first-order chi connectivity index (χ1) is 12.6. The highest BCUT2D eigenvalue weighted by Crippen LogP contribution is 2.56. The maximum absolute atomic E-state index is 6.37. The Bertz CT molecular complexity index is 472. The molecule has 2 saturated heterocycles. The summed E-state index contributed by atoms with van der Waals surface area (Å²) in [6, 6.07) is 0. The molecule has 0 aromatic carbocycles. The Morgan fingerprint density at radius 3 is 2.21 bits per heavy atom. The van der Waals surface area contributed by atoms with Crippen molar-refractivity contribution in [3.8, 4) is 0 Å². The van der Waals surface area contributed by atoms with Crippen LogP contribution in [0.1, 0.15) is 94.9 Å². The van der Waals surface area contributed by atoms with Crippen LogP contribution in [0.4, 0.5) is 0 Å². The molecule has 3 fully saturated rings. The molecule has 1 aliphatic carbocycles. The van der Waals surface area contributed by atoms with E-state index in [0.717, 1.165) is 12.8 Å². The average Bonchev–Trinajstić information content (AvgIpc) is 2.76. The van der Waals surface area contributed by atoms with Crippen LogP contribution >= 0.6 is 0 Å². The summed E-state index contributed by atoms with van der Waals surface area (Å²) in [5.74, 6) is 0.932. The van der Waals surface area contributed by atoms with E-state index in [-0.39, 0.29) is 24.7 Å². The first-order valence-corrected chi connectivity index (χ1v) is 10.8. The van der Waals surface area contributed by atoms with Gasteiger partial charge in [0.15, 0.2) is 18.4 Å². The molecule has 1 saturated carbocycles. The molecule has 5 heteroatoms. The molecule has 0 N–H and O–H groups in total. The van der Waals surface area contributed by atoms with Crippen LogP contribution in [0.3, 0.4) is 0 Å². The second-order valence-corrected chi connectivity index (χ2v) is 9.82. The van der Waals surface area contributed by atoms with E-state index < -0.39 is 12.1 Å². The first kappa shape index (κ1) is 25.8. The molecule has 3 rings (SSSR count). The van der Waals surface area contributed by atoms with Gasteiger partial charge in [0.05, 0.1) is 5.60 Å². The van der Waals surface area contributed by atoms with Crippen molar-refractivity contribution in [2.45, 2.75) is 119 Å². The minimum absolute atomic E-state index is 0. The van der Waals surface area contributed by atoms with Gasteiger partial charge in [-0.1, -0.05) is 41.5 Å². The Hall–Kier alpha value is -0.200. The highest BCUT2D eigenvalue weighted by molar-refractivity contribution is 4.98. The fourth-order valence-electron chi connectivity index (χ4n) is 4.84. The highest BCUT2D eigenvalue weighted by Gasteiger charge is 2.58. The number of hydrogen-bond acceptors (Lipinski definition) is 5. The topological polar surface area (TPSA) is 46.2 Å². The van der Waals surface area contributed by atoms with Gasteiger partial charge < -0.3 is 14.2 Å². The Balaban J connectivity index is 0.00000127. The minimum Gasteiger partial charge on any atom is -0.353 e. The summed E-state index contributed by atoms with van der Waals surface area (Å²) in [5.41, 5.74) is -0.501. The minimum atomic E-state index is -0.594. The van der Waals surface area contributed by atoms with E-state index in [1.807, 2.05) is 41.5 Å². The lowest BCUT2D eigenvalue weighted by Crippen LogP contribution is -2.58. The van der Waals surface area contributed by atoms with Crippen LogP contribution in [0.15, 0.2) is 0 Å². The van der Waals surface area contributed by atoms with Crippen molar-refractivity contribution >= 4 is 0 Å². The van der Waals surface area contributed by atoms with Crippen molar-refractivity contribution < 1.29 is 24.0 Å². The maximum Gasteiger partial charge on any atom is 0.199 e. The zero-order valence-electron chi connectivity index (χ0n) is 19.0. The van der Waals surface area contributed by atoms with E-state index >= 15 is 0 Å². The van der Waals surface area contributed by atoms with Crippen molar-refractivity contribution in [2.75, 3.05) is 7.11 Å². The van der Waals surface area contributed by atoms with E-state index in [9.17, 15) is 0 Å². The molecule has 0 spiro atoms. The van der Waals surface area contributed by atoms with Gasteiger partial charge in [0.2, 0.25) is 0 Å². The monoisotopic (exact) mass is 402 g/mol. The summed E-state index contributed by atoms with van der Waals surface area (Å²) in [4.78, 5) is 11.4. The molecule has 0 aromatic heterocycles. The largest absolute Gasteiger partial charge is 0.353 e. The zero-order valence-corrected chi connectivity index (χ0v) is 19.0. The fourth-order valence-corrected chi connectivity index (χ4v) is 4.84. The van der Waals surface area contributed by atoms with Crippen molar-refractivity contribution in [3.05, 3.63) is 0 Å². The van der Waals surface area contributed by atoms with Gasteiger partial charge in [-0.3, -0.25) is 0 Å². The summed E-state index contributed by atoms with van der Waals surface area (Å²) in [5, 5.41) is 0. The van der Waals surface area contributed by atoms with Crippen LogP contribution < -0.4 is 0 Å². The molecule has 6 atom stereocenters. The van der Waals surface area contributed by atoms with Gasteiger partial charge in [-0.25, -0.2) is 9.78 Å². The molecule has 0 amide bonds. The van der Waals surface area contributed by atoms with Gasteiger partial charge in [-0.2, -0.15) is 0 Å². The molecule has 5 nitrogen and oxygen atoms in total. The summed E-state index contributed by atoms with van der Waals surface area (Å²) in [7, 11) is 1.72. The number of ether oxygens (including phenoxy) is 3. The fraction of sp³-hybridized carbons (Fsp3) is 1.00. The van der Waals surface area contributed by atoms with Crippen molar-refractivity contribution in [3.63, 3.8) is 0 Å². The van der Waals surface area contributed by atoms with Crippen LogP contribution in [0, 0.1) is 23.2 Å². The molecule has 2 aliphatic heterocycles. The summed E-state index contributed by atoms with van der Waals surface area (Å²) >= 11 is 0. The lowest BCUT2D eigenvalue weighted by Gasteiger charge is -2.54. The molecule has 0 bridgehead atoms. The van der Waals surface area contributed by atoms with Crippen LogP contribution in [0.5, 0.6) is 0 Å². The maximum atomic E-state index is 6.37. The van der Waals surface area contributed by atoms with E-state index in [1.165, 1.54) is 19.3 Å². The van der Waals surface area contributed by atoms with E-state index in [4.69, 9.17) is 24.0 Å². The van der Waals surface area contributed by atoms with Crippen molar-refractivity contribution in [1.82, 2.24) is 0 Å². The van der Waals surface area contributed by atoms with Gasteiger partial charge in [0.25, 0.3) is 0 Å². The van der Waals surface area contributed by atoms with Crippen LogP contribution in [0.2, 0.25) is 0 Å². The Morgan fingerprint density at radius 1 is 1.00 bits per heavy atom. The second-order valence-electron chi connectivity index (χ2n) is 9.82. The molecule has 0 radical (unpaired) electrons. The van der Waals surface area contributed by atoms with E-state index in [2.05, 4.69) is 13.8 Å². The summed E-state index contributed by atoms with van der Waals surface area (Å²) in [6.45, 7) is 16.4. The van der Waals surface area contributed by atoms with Gasteiger partial charge >= 0.3 is 0 Å². The van der Waals surface area contributed by atoms with Gasteiger partial charge in [-0.05, 0) is 58.8 Å². The van der Waals surface area contributed by atoms with Crippen molar-refractivity contribution in [2.24, 2.45) is 23.2 Å². The smallest absolute Gasteiger partial charge is 0.199 e. The Labute approximate surface area is 173 Å². The van der Waals surface area contributed by atoms with Gasteiger partial charge in [-0.15, -0.1) is 0 Å². The standard InChI is InChI=1S/C20H36O5.C2H6.CH4/c1-18(2,3)25-24-17-19(4,5)14-10-8-9-13-11-12-20(6,21-7)23-16(22-17)15(13)14;1-2;/h13-17H,8-12H2,1-7H3;1-2H3;1H4/t13?,14-,15?,16?,17-,20+;;/m1../s1. The predicted molar refractivity (Wildman–Crippen MR) is 112 cm³/mol. The van der Waals surface area contributed by atoms with Gasteiger partial charge in [0, 0.05) is 24.9 Å². The lowest BCUT2D eigenvalue weighted by molar-refractivity contribution is -0.481. The third-order valence-electron chi connectivity index (χ3n) is 6.39. The Kier molecular flexibility index (Phi) is 8.99. The molecule has 0 aromatic rings. The van der Waals surface area contributed by atoms with Gasteiger partial charge in [0.1, 0.15) is 0 Å². The third kappa shape index (κ3) is 5.48. The molecule has 3 aliphatic rings. The lowest BCUT2D eigenvalue weighted by atomic mass is 9.59. The van der Waals surface area contributed by atoms with Crippen LogP contribution in [0.25, 0.3) is 0 Å². The summed E-state index contributed by atoms with van der Waals surface area (Å²) < 4.78 is 18.4. The van der Waals surface area contributed by atoms with Crippen molar-refractivity contribution in [1.29, 1.82) is 0 Å². The van der Waals surface area contributed by atoms with Crippen LogP contribution in [-0.4, -0.2) is 31.1 Å². The first-order valence-electron chi connectivity index (χ1n) is 10.8. The molecular weight excluding hydrogens is 356 g/mol. The highest BCUT2D eigenvalue weighted by atomic mass is 17.2. The number of hydrogen-bond donors (Lipinski definition) is 0. The number of rotatable bonds is 3. The zero-order chi connectivity index (χ0) is 20.5. The molecular formula is C23H46O5. The molecule has 3 unspecified atom stereocenters. The summed E-state index contributed by atoms with van der Waals surface area (Å²) in [6.07, 6.45) is 4.99. The van der Waals surface area contributed by atoms with E-state index in [0.29, 0.717) is 17.8 Å². The quantitative estimate of drug-likeness (QED) is 0.409. The average molecular weight is 403 g/mol. The SMILES string of the molecule is C.CC.CO[C@]1(C)CCC2CCC[C@@H]3C2C(O[C@H](OOC(C)(C)C)C3(C)C)O1. The van der Waals surface area contributed by atoms with E-state index in [1.54, 1.807) is 7.11 Å². The second kappa shape index (κ2) is 9.74.